The topological polar surface area (TPSA) is 70.2 Å². The summed E-state index contributed by atoms with van der Waals surface area (Å²) in [7, 11) is 0. The maximum Gasteiger partial charge on any atom is 0.270 e. The lowest BCUT2D eigenvalue weighted by Crippen LogP contribution is -2.24. The third-order valence-corrected chi connectivity index (χ3v) is 3.91. The van der Waals surface area contributed by atoms with E-state index < -0.39 is 0 Å². The molecule has 0 spiro atoms. The SMILES string of the molecule is C=CCNC(=O)c1cc(Nc2ccc(N(CC)CC)cc2C)ncn1. The van der Waals surface area contributed by atoms with E-state index in [1.165, 1.54) is 12.0 Å². The molecule has 1 heterocycles. The molecule has 0 aliphatic carbocycles. The normalized spacial score (nSPS) is 10.2. The Morgan fingerprint density at radius 3 is 2.64 bits per heavy atom. The van der Waals surface area contributed by atoms with Gasteiger partial charge in [0.15, 0.2) is 0 Å². The van der Waals surface area contributed by atoms with Crippen molar-refractivity contribution in [3.8, 4) is 0 Å². The van der Waals surface area contributed by atoms with E-state index in [4.69, 9.17) is 0 Å². The minimum atomic E-state index is -0.251. The molecular weight excluding hydrogens is 314 g/mol. The molecule has 0 saturated heterocycles. The van der Waals surface area contributed by atoms with Gasteiger partial charge < -0.3 is 15.5 Å². The van der Waals surface area contributed by atoms with Crippen LogP contribution >= 0.6 is 0 Å². The van der Waals surface area contributed by atoms with Crippen molar-refractivity contribution in [3.63, 3.8) is 0 Å². The number of aryl methyl sites for hydroxylation is 1. The van der Waals surface area contributed by atoms with E-state index in [-0.39, 0.29) is 5.91 Å². The molecule has 6 heteroatoms. The minimum absolute atomic E-state index is 0.251. The van der Waals surface area contributed by atoms with E-state index in [2.05, 4.69) is 58.1 Å². The standard InChI is InChI=1S/C19H25N5O/c1-5-10-20-19(25)17-12-18(22-13-21-17)23-16-9-8-15(11-14(16)4)24(6-2)7-3/h5,8-9,11-13H,1,6-7,10H2,2-4H3,(H,20,25)(H,21,22,23). The van der Waals surface area contributed by atoms with Gasteiger partial charge in [0.25, 0.3) is 5.91 Å². The first-order valence-electron chi connectivity index (χ1n) is 8.42. The molecule has 1 amide bonds. The number of rotatable bonds is 8. The first kappa shape index (κ1) is 18.4. The smallest absolute Gasteiger partial charge is 0.270 e. The highest BCUT2D eigenvalue weighted by Gasteiger charge is 2.09. The molecule has 25 heavy (non-hydrogen) atoms. The molecule has 132 valence electrons. The molecule has 1 aromatic carbocycles. The van der Waals surface area contributed by atoms with Gasteiger partial charge in [0.2, 0.25) is 0 Å². The zero-order chi connectivity index (χ0) is 18.2. The number of nitrogens with one attached hydrogen (secondary N) is 2. The molecule has 0 radical (unpaired) electrons. The molecule has 0 saturated carbocycles. The van der Waals surface area contributed by atoms with Gasteiger partial charge in [-0.25, -0.2) is 9.97 Å². The molecule has 0 fully saturated rings. The van der Waals surface area contributed by atoms with Crippen LogP contribution in [0.1, 0.15) is 29.9 Å². The van der Waals surface area contributed by atoms with Crippen LogP contribution in [0.15, 0.2) is 43.2 Å². The Labute approximate surface area is 149 Å². The van der Waals surface area contributed by atoms with E-state index in [0.717, 1.165) is 24.3 Å². The van der Waals surface area contributed by atoms with Crippen molar-refractivity contribution in [2.75, 3.05) is 29.9 Å². The summed E-state index contributed by atoms with van der Waals surface area (Å²) in [5.41, 5.74) is 3.57. The van der Waals surface area contributed by atoms with Crippen LogP contribution in [0.25, 0.3) is 0 Å². The van der Waals surface area contributed by atoms with Crippen LogP contribution in [0.3, 0.4) is 0 Å². The molecule has 0 aliphatic heterocycles. The molecule has 0 bridgehead atoms. The summed E-state index contributed by atoms with van der Waals surface area (Å²) in [6.45, 7) is 12.3. The van der Waals surface area contributed by atoms with E-state index in [1.54, 1.807) is 12.1 Å². The molecule has 2 rings (SSSR count). The molecular formula is C19H25N5O. The van der Waals surface area contributed by atoms with E-state index >= 15 is 0 Å². The van der Waals surface area contributed by atoms with Crippen molar-refractivity contribution in [3.05, 3.63) is 54.5 Å². The fraction of sp³-hybridized carbons (Fsp3) is 0.316. The first-order valence-corrected chi connectivity index (χ1v) is 8.42. The van der Waals surface area contributed by atoms with Crippen LogP contribution in [-0.2, 0) is 0 Å². The number of carbonyl (C=O) groups is 1. The number of aromatic nitrogens is 2. The predicted molar refractivity (Wildman–Crippen MR) is 103 cm³/mol. The van der Waals surface area contributed by atoms with Crippen LogP contribution in [0.5, 0.6) is 0 Å². The summed E-state index contributed by atoms with van der Waals surface area (Å²) in [5.74, 6) is 0.330. The lowest BCUT2D eigenvalue weighted by molar-refractivity contribution is 0.0953. The molecule has 6 nitrogen and oxygen atoms in total. The Balaban J connectivity index is 2.17. The highest BCUT2D eigenvalue weighted by atomic mass is 16.1. The number of hydrogen-bond donors (Lipinski definition) is 2. The summed E-state index contributed by atoms with van der Waals surface area (Å²) >= 11 is 0. The van der Waals surface area contributed by atoms with Crippen molar-refractivity contribution in [1.29, 1.82) is 0 Å². The van der Waals surface area contributed by atoms with Gasteiger partial charge in [-0.05, 0) is 44.5 Å². The minimum Gasteiger partial charge on any atom is -0.372 e. The third kappa shape index (κ3) is 4.79. The predicted octanol–water partition coefficient (Wildman–Crippen LogP) is 3.29. The van der Waals surface area contributed by atoms with Crippen LogP contribution in [-0.4, -0.2) is 35.5 Å². The summed E-state index contributed by atoms with van der Waals surface area (Å²) < 4.78 is 0. The van der Waals surface area contributed by atoms with Crippen LogP contribution in [0, 0.1) is 6.92 Å². The Kier molecular flexibility index (Phi) is 6.51. The van der Waals surface area contributed by atoms with Crippen molar-refractivity contribution in [1.82, 2.24) is 15.3 Å². The molecule has 2 N–H and O–H groups in total. The Morgan fingerprint density at radius 2 is 2.00 bits per heavy atom. The van der Waals surface area contributed by atoms with E-state index in [9.17, 15) is 4.79 Å². The van der Waals surface area contributed by atoms with Crippen molar-refractivity contribution >= 4 is 23.1 Å². The number of anilines is 3. The fourth-order valence-corrected chi connectivity index (χ4v) is 2.52. The maximum atomic E-state index is 12.0. The van der Waals surface area contributed by atoms with Crippen LogP contribution < -0.4 is 15.5 Å². The third-order valence-electron chi connectivity index (χ3n) is 3.91. The summed E-state index contributed by atoms with van der Waals surface area (Å²) in [5, 5.41) is 5.96. The summed E-state index contributed by atoms with van der Waals surface area (Å²) in [6, 6.07) is 7.90. The lowest BCUT2D eigenvalue weighted by atomic mass is 10.1. The van der Waals surface area contributed by atoms with Crippen LogP contribution in [0.4, 0.5) is 17.2 Å². The number of hydrogen-bond acceptors (Lipinski definition) is 5. The molecule has 0 unspecified atom stereocenters. The van der Waals surface area contributed by atoms with Gasteiger partial charge in [-0.2, -0.15) is 0 Å². The zero-order valence-electron chi connectivity index (χ0n) is 15.0. The fourth-order valence-electron chi connectivity index (χ4n) is 2.52. The second-order valence-electron chi connectivity index (χ2n) is 5.58. The summed E-state index contributed by atoms with van der Waals surface area (Å²) in [6.07, 6.45) is 3.00. The van der Waals surface area contributed by atoms with Gasteiger partial charge in [-0.15, -0.1) is 6.58 Å². The number of benzene rings is 1. The van der Waals surface area contributed by atoms with Crippen molar-refractivity contribution in [2.24, 2.45) is 0 Å². The monoisotopic (exact) mass is 339 g/mol. The molecule has 0 aliphatic rings. The number of nitrogens with zero attached hydrogens (tertiary/aromatic N) is 3. The number of amides is 1. The summed E-state index contributed by atoms with van der Waals surface area (Å²) in [4.78, 5) is 22.5. The van der Waals surface area contributed by atoms with Gasteiger partial charge in [0.1, 0.15) is 17.8 Å². The Bertz CT molecular complexity index is 740. The number of carbonyl (C=O) groups excluding carboxylic acids is 1. The average molecular weight is 339 g/mol. The molecule has 2 aromatic rings. The highest BCUT2D eigenvalue weighted by molar-refractivity contribution is 5.93. The second kappa shape index (κ2) is 8.82. The quantitative estimate of drug-likeness (QED) is 0.722. The Hall–Kier alpha value is -2.89. The van der Waals surface area contributed by atoms with Crippen molar-refractivity contribution < 1.29 is 4.79 Å². The van der Waals surface area contributed by atoms with Gasteiger partial charge in [0, 0.05) is 37.1 Å². The maximum absolute atomic E-state index is 12.0. The Morgan fingerprint density at radius 1 is 1.24 bits per heavy atom. The molecule has 1 aromatic heterocycles. The van der Waals surface area contributed by atoms with Gasteiger partial charge in [-0.3, -0.25) is 4.79 Å². The highest BCUT2D eigenvalue weighted by Crippen LogP contribution is 2.25. The lowest BCUT2D eigenvalue weighted by Gasteiger charge is -2.22. The first-order chi connectivity index (χ1) is 12.1. The van der Waals surface area contributed by atoms with Crippen LogP contribution in [0.2, 0.25) is 0 Å². The van der Waals surface area contributed by atoms with Gasteiger partial charge >= 0.3 is 0 Å². The zero-order valence-corrected chi connectivity index (χ0v) is 15.0. The largest absolute Gasteiger partial charge is 0.372 e. The molecule has 0 atom stereocenters. The van der Waals surface area contributed by atoms with E-state index in [0.29, 0.717) is 18.1 Å². The van der Waals surface area contributed by atoms with E-state index in [1.807, 2.05) is 13.0 Å². The second-order valence-corrected chi connectivity index (χ2v) is 5.58. The van der Waals surface area contributed by atoms with Gasteiger partial charge in [0.05, 0.1) is 0 Å². The average Bonchev–Trinajstić information content (AvgIpc) is 2.63. The van der Waals surface area contributed by atoms with Crippen molar-refractivity contribution in [2.45, 2.75) is 20.8 Å². The van der Waals surface area contributed by atoms with Gasteiger partial charge in [-0.1, -0.05) is 6.08 Å².